The van der Waals surface area contributed by atoms with E-state index in [0.29, 0.717) is 12.4 Å². The highest BCUT2D eigenvalue weighted by Gasteiger charge is 2.13. The molecule has 5 heteroatoms. The van der Waals surface area contributed by atoms with Crippen LogP contribution < -0.4 is 4.74 Å². The number of aromatic carboxylic acids is 1. The maximum Gasteiger partial charge on any atom is 0.338 e. The van der Waals surface area contributed by atoms with Gasteiger partial charge < -0.3 is 9.84 Å². The molecule has 0 spiro atoms. The molecule has 0 saturated carbocycles. The van der Waals surface area contributed by atoms with Crippen molar-refractivity contribution < 1.29 is 19.0 Å². The summed E-state index contributed by atoms with van der Waals surface area (Å²) in [5.41, 5.74) is -0.214. The van der Waals surface area contributed by atoms with E-state index in [1.807, 2.05) is 0 Å². The van der Waals surface area contributed by atoms with Crippen molar-refractivity contribution in [2.24, 2.45) is 5.41 Å². The van der Waals surface area contributed by atoms with Crippen LogP contribution in [0.1, 0.15) is 37.6 Å². The number of hydrogen-bond donors (Lipinski definition) is 1. The number of hydrogen-bond acceptors (Lipinski definition) is 2. The van der Waals surface area contributed by atoms with Gasteiger partial charge in [-0.25, -0.2) is 9.18 Å². The molecule has 18 heavy (non-hydrogen) atoms. The molecular formula is C13H18ClFO3. The highest BCUT2D eigenvalue weighted by Crippen LogP contribution is 2.21. The Hall–Kier alpha value is -1.29. The van der Waals surface area contributed by atoms with Gasteiger partial charge in [-0.15, -0.1) is 12.4 Å². The van der Waals surface area contributed by atoms with E-state index in [0.717, 1.165) is 12.5 Å². The van der Waals surface area contributed by atoms with Gasteiger partial charge in [0.2, 0.25) is 0 Å². The van der Waals surface area contributed by atoms with Crippen molar-refractivity contribution >= 4 is 18.4 Å². The fraction of sp³-hybridized carbons (Fsp3) is 0.462. The first-order chi connectivity index (χ1) is 7.79. The van der Waals surface area contributed by atoms with E-state index in [4.69, 9.17) is 9.84 Å². The molecule has 1 rings (SSSR count). The summed E-state index contributed by atoms with van der Waals surface area (Å²) >= 11 is 0. The molecule has 1 aromatic carbocycles. The first kappa shape index (κ1) is 16.7. The van der Waals surface area contributed by atoms with Crippen molar-refractivity contribution in [1.29, 1.82) is 0 Å². The highest BCUT2D eigenvalue weighted by molar-refractivity contribution is 5.88. The van der Waals surface area contributed by atoms with Gasteiger partial charge in [0.1, 0.15) is 11.6 Å². The molecule has 1 aromatic rings. The van der Waals surface area contributed by atoms with Crippen LogP contribution in [0.3, 0.4) is 0 Å². The third-order valence-corrected chi connectivity index (χ3v) is 2.29. The molecule has 0 fully saturated rings. The molecular weight excluding hydrogens is 259 g/mol. The molecule has 0 saturated heterocycles. The Balaban J connectivity index is 0.00000289. The van der Waals surface area contributed by atoms with Crippen molar-refractivity contribution in [2.75, 3.05) is 6.61 Å². The molecule has 3 nitrogen and oxygen atoms in total. The van der Waals surface area contributed by atoms with Crippen molar-refractivity contribution in [2.45, 2.75) is 27.2 Å². The lowest BCUT2D eigenvalue weighted by molar-refractivity contribution is 0.0691. The molecule has 0 aliphatic carbocycles. The summed E-state index contributed by atoms with van der Waals surface area (Å²) in [5, 5.41) is 8.75. The number of benzene rings is 1. The van der Waals surface area contributed by atoms with Crippen LogP contribution in [0.5, 0.6) is 5.75 Å². The number of carboxylic acids is 1. The Morgan fingerprint density at radius 2 is 2.00 bits per heavy atom. The monoisotopic (exact) mass is 276 g/mol. The van der Waals surface area contributed by atoms with E-state index in [-0.39, 0.29) is 23.4 Å². The fourth-order valence-corrected chi connectivity index (χ4v) is 1.23. The maximum absolute atomic E-state index is 13.1. The molecule has 0 bridgehead atoms. The third-order valence-electron chi connectivity index (χ3n) is 2.29. The Bertz CT molecular complexity index is 413. The maximum atomic E-state index is 13.1. The second-order valence-electron chi connectivity index (χ2n) is 5.11. The third kappa shape index (κ3) is 5.36. The SMILES string of the molecule is CC(C)(C)CCOc1ccc(F)c(C(=O)O)c1.Cl. The number of halogens is 2. The average molecular weight is 277 g/mol. The van der Waals surface area contributed by atoms with E-state index >= 15 is 0 Å². The number of carbonyl (C=O) groups is 1. The number of carboxylic acid groups (broad SMARTS) is 1. The molecule has 0 amide bonds. The summed E-state index contributed by atoms with van der Waals surface area (Å²) in [6.45, 7) is 6.74. The van der Waals surface area contributed by atoms with Crippen LogP contribution in [-0.4, -0.2) is 17.7 Å². The zero-order valence-electron chi connectivity index (χ0n) is 10.7. The summed E-state index contributed by atoms with van der Waals surface area (Å²) < 4.78 is 18.5. The lowest BCUT2D eigenvalue weighted by atomic mass is 9.93. The van der Waals surface area contributed by atoms with Gasteiger partial charge in [-0.2, -0.15) is 0 Å². The Morgan fingerprint density at radius 1 is 1.39 bits per heavy atom. The average Bonchev–Trinajstić information content (AvgIpc) is 2.18. The predicted octanol–water partition coefficient (Wildman–Crippen LogP) is 3.76. The van der Waals surface area contributed by atoms with Crippen LogP contribution in [0.4, 0.5) is 4.39 Å². The molecule has 0 aliphatic heterocycles. The second-order valence-corrected chi connectivity index (χ2v) is 5.11. The van der Waals surface area contributed by atoms with Crippen LogP contribution in [0.25, 0.3) is 0 Å². The quantitative estimate of drug-likeness (QED) is 0.911. The van der Waals surface area contributed by atoms with Gasteiger partial charge in [-0.05, 0) is 30.0 Å². The van der Waals surface area contributed by atoms with Gasteiger partial charge >= 0.3 is 5.97 Å². The Kier molecular flexibility index (Phi) is 6.12. The van der Waals surface area contributed by atoms with E-state index in [1.165, 1.54) is 12.1 Å². The van der Waals surface area contributed by atoms with E-state index in [1.54, 1.807) is 0 Å². The summed E-state index contributed by atoms with van der Waals surface area (Å²) in [6.07, 6.45) is 0.840. The Morgan fingerprint density at radius 3 is 2.50 bits per heavy atom. The molecule has 0 aliphatic rings. The summed E-state index contributed by atoms with van der Waals surface area (Å²) in [4.78, 5) is 10.7. The van der Waals surface area contributed by atoms with Gasteiger partial charge in [0.15, 0.2) is 0 Å². The topological polar surface area (TPSA) is 46.5 Å². The van der Waals surface area contributed by atoms with Gasteiger partial charge in [-0.1, -0.05) is 20.8 Å². The van der Waals surface area contributed by atoms with Crippen LogP contribution in [0, 0.1) is 11.2 Å². The summed E-state index contributed by atoms with van der Waals surface area (Å²) in [7, 11) is 0. The Labute approximate surface area is 112 Å². The van der Waals surface area contributed by atoms with Crippen LogP contribution in [0.15, 0.2) is 18.2 Å². The molecule has 1 N–H and O–H groups in total. The van der Waals surface area contributed by atoms with Gasteiger partial charge in [0.05, 0.1) is 12.2 Å². The normalized spacial score (nSPS) is 10.7. The van der Waals surface area contributed by atoms with Crippen LogP contribution in [0.2, 0.25) is 0 Å². The molecule has 102 valence electrons. The fourth-order valence-electron chi connectivity index (χ4n) is 1.23. The van der Waals surface area contributed by atoms with Gasteiger partial charge in [0, 0.05) is 0 Å². The molecule has 0 aromatic heterocycles. The molecule has 0 heterocycles. The van der Waals surface area contributed by atoms with E-state index < -0.39 is 11.8 Å². The summed E-state index contributed by atoms with van der Waals surface area (Å²) in [6, 6.07) is 3.75. The standard InChI is InChI=1S/C13H17FO3.ClH/c1-13(2,3)6-7-17-9-4-5-11(14)10(8-9)12(15)16;/h4-5,8H,6-7H2,1-3H3,(H,15,16);1H. The van der Waals surface area contributed by atoms with Crippen LogP contribution >= 0.6 is 12.4 Å². The van der Waals surface area contributed by atoms with Crippen LogP contribution in [-0.2, 0) is 0 Å². The van der Waals surface area contributed by atoms with Gasteiger partial charge in [0.25, 0.3) is 0 Å². The molecule has 0 unspecified atom stereocenters. The summed E-state index contributed by atoms with van der Waals surface area (Å²) in [5.74, 6) is -1.66. The first-order valence-corrected chi connectivity index (χ1v) is 5.45. The lowest BCUT2D eigenvalue weighted by Crippen LogP contribution is -2.11. The zero-order valence-corrected chi connectivity index (χ0v) is 11.5. The lowest BCUT2D eigenvalue weighted by Gasteiger charge is -2.18. The van der Waals surface area contributed by atoms with Crippen molar-refractivity contribution in [3.8, 4) is 5.75 Å². The molecule has 0 atom stereocenters. The first-order valence-electron chi connectivity index (χ1n) is 5.45. The second kappa shape index (κ2) is 6.59. The number of ether oxygens (including phenoxy) is 1. The zero-order chi connectivity index (χ0) is 13.1. The van der Waals surface area contributed by atoms with Crippen molar-refractivity contribution in [1.82, 2.24) is 0 Å². The predicted molar refractivity (Wildman–Crippen MR) is 70.2 cm³/mol. The smallest absolute Gasteiger partial charge is 0.338 e. The largest absolute Gasteiger partial charge is 0.494 e. The minimum absolute atomic E-state index is 0. The van der Waals surface area contributed by atoms with Crippen molar-refractivity contribution in [3.05, 3.63) is 29.6 Å². The highest BCUT2D eigenvalue weighted by atomic mass is 35.5. The molecule has 0 radical (unpaired) electrons. The minimum Gasteiger partial charge on any atom is -0.494 e. The minimum atomic E-state index is -1.29. The van der Waals surface area contributed by atoms with Crippen molar-refractivity contribution in [3.63, 3.8) is 0 Å². The van der Waals surface area contributed by atoms with Gasteiger partial charge in [-0.3, -0.25) is 0 Å². The van der Waals surface area contributed by atoms with E-state index in [2.05, 4.69) is 20.8 Å². The van der Waals surface area contributed by atoms with E-state index in [9.17, 15) is 9.18 Å². The number of rotatable bonds is 4.